The summed E-state index contributed by atoms with van der Waals surface area (Å²) in [7, 11) is 0. The van der Waals surface area contributed by atoms with E-state index in [9.17, 15) is 9.59 Å². The Balaban J connectivity index is 1.54. The van der Waals surface area contributed by atoms with E-state index in [1.54, 1.807) is 6.08 Å². The Morgan fingerprint density at radius 3 is 2.65 bits per heavy atom. The Labute approximate surface area is 120 Å². The van der Waals surface area contributed by atoms with Crippen LogP contribution in [-0.4, -0.2) is 11.7 Å². The first-order valence-electron chi connectivity index (χ1n) is 7.72. The lowest BCUT2D eigenvalue weighted by Crippen LogP contribution is -2.43. The molecule has 2 N–H and O–H groups in total. The van der Waals surface area contributed by atoms with E-state index in [2.05, 4.69) is 24.7 Å². The summed E-state index contributed by atoms with van der Waals surface area (Å²) in [6.07, 6.45) is 7.79. The number of hydrogen-bond donors (Lipinski definition) is 2. The maximum absolute atomic E-state index is 12.2. The van der Waals surface area contributed by atoms with Gasteiger partial charge in [-0.3, -0.25) is 15.0 Å². The van der Waals surface area contributed by atoms with Crippen LogP contribution in [0.1, 0.15) is 52.4 Å². The number of hydrogen-bond acceptors (Lipinski definition) is 3. The Kier molecular flexibility index (Phi) is 3.35. The van der Waals surface area contributed by atoms with E-state index in [1.807, 2.05) is 0 Å². The summed E-state index contributed by atoms with van der Waals surface area (Å²) in [4.78, 5) is 23.9. The summed E-state index contributed by atoms with van der Waals surface area (Å²) < 4.78 is 0. The van der Waals surface area contributed by atoms with Gasteiger partial charge in [-0.25, -0.2) is 0 Å². The monoisotopic (exact) mass is 276 g/mol. The van der Waals surface area contributed by atoms with Crippen LogP contribution in [0.15, 0.2) is 11.8 Å². The van der Waals surface area contributed by atoms with Gasteiger partial charge in [-0.2, -0.15) is 0 Å². The maximum Gasteiger partial charge on any atom is 0.241 e. The topological polar surface area (TPSA) is 58.2 Å². The van der Waals surface area contributed by atoms with Gasteiger partial charge in [0.25, 0.3) is 0 Å². The van der Waals surface area contributed by atoms with Gasteiger partial charge in [0.05, 0.1) is 0 Å². The zero-order valence-electron chi connectivity index (χ0n) is 12.4. The average Bonchev–Trinajstić information content (AvgIpc) is 2.95. The molecule has 4 heteroatoms. The van der Waals surface area contributed by atoms with Gasteiger partial charge in [0.1, 0.15) is 0 Å². The fourth-order valence-electron chi connectivity index (χ4n) is 4.23. The standard InChI is InChI=1S/C16H24N2O2/c1-16(2)8-12(7-13(19)9-16)17-18-15(20)14-6-10-3-4-11(14)5-10/h7,10-11,14,17H,3-6,8-9H2,1-2H3,(H,18,20)/t10-,11-,14-/m1/s1. The highest BCUT2D eigenvalue weighted by Gasteiger charge is 2.43. The van der Waals surface area contributed by atoms with Crippen LogP contribution in [0, 0.1) is 23.2 Å². The summed E-state index contributed by atoms with van der Waals surface area (Å²) in [5.41, 5.74) is 6.63. The van der Waals surface area contributed by atoms with E-state index in [4.69, 9.17) is 0 Å². The first kappa shape index (κ1) is 13.7. The predicted molar refractivity (Wildman–Crippen MR) is 76.3 cm³/mol. The number of rotatable bonds is 3. The molecule has 0 aromatic carbocycles. The van der Waals surface area contributed by atoms with Crippen LogP contribution >= 0.6 is 0 Å². The summed E-state index contributed by atoms with van der Waals surface area (Å²) in [5.74, 6) is 1.77. The van der Waals surface area contributed by atoms with Crippen molar-refractivity contribution in [2.45, 2.75) is 52.4 Å². The van der Waals surface area contributed by atoms with E-state index < -0.39 is 0 Å². The minimum Gasteiger partial charge on any atom is -0.303 e. The van der Waals surface area contributed by atoms with Gasteiger partial charge in [0.15, 0.2) is 5.78 Å². The van der Waals surface area contributed by atoms with Crippen LogP contribution in [-0.2, 0) is 9.59 Å². The molecule has 2 saturated carbocycles. The lowest BCUT2D eigenvalue weighted by molar-refractivity contribution is -0.127. The molecule has 1 amide bonds. The third-order valence-electron chi connectivity index (χ3n) is 5.08. The minimum absolute atomic E-state index is 0.0225. The molecular formula is C16H24N2O2. The molecular weight excluding hydrogens is 252 g/mol. The Hall–Kier alpha value is -1.32. The fourth-order valence-corrected chi connectivity index (χ4v) is 4.23. The highest BCUT2D eigenvalue weighted by molar-refractivity contribution is 5.91. The predicted octanol–water partition coefficient (Wildman–Crippen LogP) is 2.32. The van der Waals surface area contributed by atoms with Gasteiger partial charge >= 0.3 is 0 Å². The van der Waals surface area contributed by atoms with Crippen LogP contribution in [0.2, 0.25) is 0 Å². The molecule has 0 unspecified atom stereocenters. The fraction of sp³-hybridized carbons (Fsp3) is 0.750. The van der Waals surface area contributed by atoms with Crippen molar-refractivity contribution in [2.75, 3.05) is 0 Å². The van der Waals surface area contributed by atoms with Crippen molar-refractivity contribution in [3.8, 4) is 0 Å². The van der Waals surface area contributed by atoms with Crippen molar-refractivity contribution >= 4 is 11.7 Å². The molecule has 3 aliphatic carbocycles. The molecule has 0 saturated heterocycles. The van der Waals surface area contributed by atoms with Gasteiger partial charge in [0, 0.05) is 24.1 Å². The first-order valence-corrected chi connectivity index (χ1v) is 7.72. The normalized spacial score (nSPS) is 34.8. The number of allylic oxidation sites excluding steroid dienone is 2. The Morgan fingerprint density at radius 1 is 1.25 bits per heavy atom. The Morgan fingerprint density at radius 2 is 2.05 bits per heavy atom. The highest BCUT2D eigenvalue weighted by Crippen LogP contribution is 2.48. The summed E-state index contributed by atoms with van der Waals surface area (Å²) in [6.45, 7) is 4.16. The summed E-state index contributed by atoms with van der Waals surface area (Å²) >= 11 is 0. The molecule has 2 fully saturated rings. The molecule has 3 rings (SSSR count). The molecule has 110 valence electrons. The molecule has 0 aliphatic heterocycles. The molecule has 0 spiro atoms. The number of amides is 1. The van der Waals surface area contributed by atoms with Gasteiger partial charge in [-0.15, -0.1) is 0 Å². The molecule has 0 aromatic heterocycles. The van der Waals surface area contributed by atoms with Crippen LogP contribution < -0.4 is 10.9 Å². The Bertz CT molecular complexity index is 467. The molecule has 3 atom stereocenters. The zero-order valence-corrected chi connectivity index (χ0v) is 12.4. The number of carbonyl (C=O) groups is 2. The molecule has 2 bridgehead atoms. The zero-order chi connectivity index (χ0) is 14.3. The van der Waals surface area contributed by atoms with E-state index in [-0.39, 0.29) is 23.0 Å². The van der Waals surface area contributed by atoms with Crippen molar-refractivity contribution in [3.63, 3.8) is 0 Å². The molecule has 0 heterocycles. The second-order valence-electron chi connectivity index (χ2n) is 7.55. The SMILES string of the molecule is CC1(C)CC(=O)C=C(NNC(=O)[C@@H]2C[C@@H]3CC[C@@H]2C3)C1. The van der Waals surface area contributed by atoms with Crippen LogP contribution in [0.25, 0.3) is 0 Å². The van der Waals surface area contributed by atoms with Crippen molar-refractivity contribution in [1.29, 1.82) is 0 Å². The maximum atomic E-state index is 12.2. The molecule has 4 nitrogen and oxygen atoms in total. The average molecular weight is 276 g/mol. The molecule has 3 aliphatic rings. The van der Waals surface area contributed by atoms with E-state index in [0.29, 0.717) is 12.3 Å². The number of fused-ring (bicyclic) bond motifs is 2. The van der Waals surface area contributed by atoms with Crippen molar-refractivity contribution in [2.24, 2.45) is 23.2 Å². The largest absolute Gasteiger partial charge is 0.303 e. The smallest absolute Gasteiger partial charge is 0.241 e. The number of ketones is 1. The van der Waals surface area contributed by atoms with Gasteiger partial charge in [-0.1, -0.05) is 20.3 Å². The molecule has 20 heavy (non-hydrogen) atoms. The quantitative estimate of drug-likeness (QED) is 0.778. The van der Waals surface area contributed by atoms with Crippen LogP contribution in [0.3, 0.4) is 0 Å². The molecule has 0 radical (unpaired) electrons. The van der Waals surface area contributed by atoms with Crippen molar-refractivity contribution < 1.29 is 9.59 Å². The van der Waals surface area contributed by atoms with Gasteiger partial charge in [0.2, 0.25) is 5.91 Å². The second kappa shape index (κ2) is 4.90. The van der Waals surface area contributed by atoms with E-state index >= 15 is 0 Å². The van der Waals surface area contributed by atoms with Gasteiger partial charge in [-0.05, 0) is 42.9 Å². The summed E-state index contributed by atoms with van der Waals surface area (Å²) in [5, 5.41) is 0. The van der Waals surface area contributed by atoms with Crippen molar-refractivity contribution in [1.82, 2.24) is 10.9 Å². The number of nitrogens with one attached hydrogen (secondary N) is 2. The van der Waals surface area contributed by atoms with Gasteiger partial charge < -0.3 is 5.43 Å². The van der Waals surface area contributed by atoms with E-state index in [1.165, 1.54) is 19.3 Å². The lowest BCUT2D eigenvalue weighted by atomic mass is 9.79. The van der Waals surface area contributed by atoms with Crippen molar-refractivity contribution in [3.05, 3.63) is 11.8 Å². The van der Waals surface area contributed by atoms with Crippen LogP contribution in [0.5, 0.6) is 0 Å². The minimum atomic E-state index is -0.0225. The third-order valence-corrected chi connectivity index (χ3v) is 5.08. The van der Waals surface area contributed by atoms with E-state index in [0.717, 1.165) is 24.5 Å². The summed E-state index contributed by atoms with van der Waals surface area (Å²) in [6, 6.07) is 0. The molecule has 0 aromatic rings. The third kappa shape index (κ3) is 2.74. The number of carbonyl (C=O) groups excluding carboxylic acids is 2. The number of hydrazine groups is 1. The lowest BCUT2D eigenvalue weighted by Gasteiger charge is -2.30. The first-order chi connectivity index (χ1) is 9.43. The van der Waals surface area contributed by atoms with Crippen LogP contribution in [0.4, 0.5) is 0 Å². The highest BCUT2D eigenvalue weighted by atomic mass is 16.2. The second-order valence-corrected chi connectivity index (χ2v) is 7.55.